The molecule has 126 valence electrons. The molecule has 0 heterocycles. The maximum absolute atomic E-state index is 12.6. The van der Waals surface area contributed by atoms with Gasteiger partial charge in [0.2, 0.25) is 5.91 Å². The Morgan fingerprint density at radius 1 is 1.04 bits per heavy atom. The molecule has 0 saturated carbocycles. The van der Waals surface area contributed by atoms with Gasteiger partial charge in [0.15, 0.2) is 0 Å². The van der Waals surface area contributed by atoms with Gasteiger partial charge in [-0.3, -0.25) is 9.59 Å². The predicted octanol–water partition coefficient (Wildman–Crippen LogP) is 3.30. The number of carbonyl (C=O) groups is 2. The monoisotopic (exact) mass is 328 g/mol. The Morgan fingerprint density at radius 3 is 2.46 bits per heavy atom. The standard InChI is InChI=1S/C18H20N2O4/c1-4-24-16-8-6-5-7-14(16)18(22)20-15-11-13(19-12(2)21)9-10-17(15)23-3/h5-11H,4H2,1-3H3,(H,19,21)(H,20,22). The summed E-state index contributed by atoms with van der Waals surface area (Å²) in [7, 11) is 1.51. The van der Waals surface area contributed by atoms with Crippen molar-refractivity contribution < 1.29 is 19.1 Å². The van der Waals surface area contributed by atoms with Crippen LogP contribution in [0.3, 0.4) is 0 Å². The molecule has 0 aromatic heterocycles. The van der Waals surface area contributed by atoms with Gasteiger partial charge in [-0.25, -0.2) is 0 Å². The summed E-state index contributed by atoms with van der Waals surface area (Å²) < 4.78 is 10.7. The Hall–Kier alpha value is -3.02. The van der Waals surface area contributed by atoms with Crippen LogP contribution in [0.1, 0.15) is 24.2 Å². The third-order valence-corrected chi connectivity index (χ3v) is 3.20. The summed E-state index contributed by atoms with van der Waals surface area (Å²) in [5, 5.41) is 5.47. The molecular weight excluding hydrogens is 308 g/mol. The topological polar surface area (TPSA) is 76.7 Å². The number of carbonyl (C=O) groups excluding carboxylic acids is 2. The quantitative estimate of drug-likeness (QED) is 0.853. The Labute approximate surface area is 140 Å². The lowest BCUT2D eigenvalue weighted by molar-refractivity contribution is -0.114. The fraction of sp³-hybridized carbons (Fsp3) is 0.222. The van der Waals surface area contributed by atoms with Crippen LogP contribution >= 0.6 is 0 Å². The SMILES string of the molecule is CCOc1ccccc1C(=O)Nc1cc(NC(C)=O)ccc1OC. The number of benzene rings is 2. The van der Waals surface area contributed by atoms with Gasteiger partial charge in [-0.15, -0.1) is 0 Å². The maximum Gasteiger partial charge on any atom is 0.259 e. The van der Waals surface area contributed by atoms with E-state index in [2.05, 4.69) is 10.6 Å². The van der Waals surface area contributed by atoms with E-state index >= 15 is 0 Å². The van der Waals surface area contributed by atoms with Crippen molar-refractivity contribution >= 4 is 23.2 Å². The number of methoxy groups -OCH3 is 1. The van der Waals surface area contributed by atoms with Crippen LogP contribution < -0.4 is 20.1 Å². The van der Waals surface area contributed by atoms with Gasteiger partial charge in [-0.2, -0.15) is 0 Å². The van der Waals surface area contributed by atoms with Gasteiger partial charge in [-0.1, -0.05) is 12.1 Å². The molecule has 0 unspecified atom stereocenters. The second-order valence-electron chi connectivity index (χ2n) is 4.98. The van der Waals surface area contributed by atoms with Crippen LogP contribution in [0.25, 0.3) is 0 Å². The average molecular weight is 328 g/mol. The first-order valence-electron chi connectivity index (χ1n) is 7.54. The molecule has 0 atom stereocenters. The lowest BCUT2D eigenvalue weighted by atomic mass is 10.1. The van der Waals surface area contributed by atoms with Crippen molar-refractivity contribution in [1.82, 2.24) is 0 Å². The highest BCUT2D eigenvalue weighted by Crippen LogP contribution is 2.29. The average Bonchev–Trinajstić information content (AvgIpc) is 2.55. The van der Waals surface area contributed by atoms with E-state index in [0.717, 1.165) is 0 Å². The summed E-state index contributed by atoms with van der Waals surface area (Å²) in [6.45, 7) is 3.74. The zero-order valence-electron chi connectivity index (χ0n) is 13.9. The zero-order chi connectivity index (χ0) is 17.5. The predicted molar refractivity (Wildman–Crippen MR) is 92.9 cm³/mol. The van der Waals surface area contributed by atoms with Crippen LogP contribution in [0.15, 0.2) is 42.5 Å². The Bertz CT molecular complexity index is 744. The van der Waals surface area contributed by atoms with Gasteiger partial charge in [0.25, 0.3) is 5.91 Å². The molecule has 2 aromatic carbocycles. The lowest BCUT2D eigenvalue weighted by Crippen LogP contribution is -2.15. The van der Waals surface area contributed by atoms with Crippen LogP contribution in [0.5, 0.6) is 11.5 Å². The second-order valence-corrected chi connectivity index (χ2v) is 4.98. The summed E-state index contributed by atoms with van der Waals surface area (Å²) in [6.07, 6.45) is 0. The van der Waals surface area contributed by atoms with E-state index in [4.69, 9.17) is 9.47 Å². The molecule has 0 spiro atoms. The third-order valence-electron chi connectivity index (χ3n) is 3.20. The highest BCUT2D eigenvalue weighted by molar-refractivity contribution is 6.07. The molecule has 6 nitrogen and oxygen atoms in total. The molecule has 0 radical (unpaired) electrons. The maximum atomic E-state index is 12.6. The van der Waals surface area contributed by atoms with E-state index in [1.54, 1.807) is 42.5 Å². The van der Waals surface area contributed by atoms with Crippen LogP contribution in [0.2, 0.25) is 0 Å². The van der Waals surface area contributed by atoms with E-state index < -0.39 is 0 Å². The molecule has 2 N–H and O–H groups in total. The van der Waals surface area contributed by atoms with E-state index in [-0.39, 0.29) is 11.8 Å². The van der Waals surface area contributed by atoms with Crippen LogP contribution in [-0.4, -0.2) is 25.5 Å². The number of anilines is 2. The van der Waals surface area contributed by atoms with Crippen LogP contribution in [0.4, 0.5) is 11.4 Å². The summed E-state index contributed by atoms with van der Waals surface area (Å²) in [5.41, 5.74) is 1.45. The summed E-state index contributed by atoms with van der Waals surface area (Å²) >= 11 is 0. The van der Waals surface area contributed by atoms with E-state index in [1.807, 2.05) is 6.92 Å². The van der Waals surface area contributed by atoms with Gasteiger partial charge in [-0.05, 0) is 37.3 Å². The number of ether oxygens (including phenoxy) is 2. The Kier molecular flexibility index (Phi) is 5.78. The molecule has 24 heavy (non-hydrogen) atoms. The molecule has 6 heteroatoms. The summed E-state index contributed by atoms with van der Waals surface area (Å²) in [6, 6.07) is 12.0. The molecular formula is C18H20N2O4. The van der Waals surface area contributed by atoms with Crippen molar-refractivity contribution in [2.75, 3.05) is 24.4 Å². The number of nitrogens with one attached hydrogen (secondary N) is 2. The first-order valence-corrected chi connectivity index (χ1v) is 7.54. The normalized spacial score (nSPS) is 9.96. The van der Waals surface area contributed by atoms with Gasteiger partial charge >= 0.3 is 0 Å². The van der Waals surface area contributed by atoms with E-state index in [9.17, 15) is 9.59 Å². The molecule has 2 aromatic rings. The molecule has 2 rings (SSSR count). The molecule has 0 aliphatic rings. The molecule has 0 fully saturated rings. The summed E-state index contributed by atoms with van der Waals surface area (Å²) in [5.74, 6) is 0.484. The van der Waals surface area contributed by atoms with E-state index in [0.29, 0.717) is 35.0 Å². The summed E-state index contributed by atoms with van der Waals surface area (Å²) in [4.78, 5) is 23.8. The van der Waals surface area contributed by atoms with Crippen LogP contribution in [-0.2, 0) is 4.79 Å². The Balaban J connectivity index is 2.29. The number of hydrogen-bond donors (Lipinski definition) is 2. The minimum Gasteiger partial charge on any atom is -0.495 e. The molecule has 2 amide bonds. The molecule has 0 aliphatic carbocycles. The lowest BCUT2D eigenvalue weighted by Gasteiger charge is -2.14. The first-order chi connectivity index (χ1) is 11.5. The molecule has 0 bridgehead atoms. The van der Waals surface area contributed by atoms with Crippen molar-refractivity contribution in [2.24, 2.45) is 0 Å². The largest absolute Gasteiger partial charge is 0.495 e. The van der Waals surface area contributed by atoms with Crippen LogP contribution in [0, 0.1) is 0 Å². The fourth-order valence-corrected chi connectivity index (χ4v) is 2.21. The number of para-hydroxylation sites is 1. The minimum atomic E-state index is -0.322. The van der Waals surface area contributed by atoms with Crippen molar-refractivity contribution in [3.05, 3.63) is 48.0 Å². The van der Waals surface area contributed by atoms with Gasteiger partial charge in [0.05, 0.1) is 25.0 Å². The molecule has 0 aliphatic heterocycles. The Morgan fingerprint density at radius 2 is 1.79 bits per heavy atom. The highest BCUT2D eigenvalue weighted by atomic mass is 16.5. The zero-order valence-corrected chi connectivity index (χ0v) is 13.9. The van der Waals surface area contributed by atoms with Crippen molar-refractivity contribution in [1.29, 1.82) is 0 Å². The smallest absolute Gasteiger partial charge is 0.259 e. The number of amides is 2. The van der Waals surface area contributed by atoms with Gasteiger partial charge in [0, 0.05) is 12.6 Å². The van der Waals surface area contributed by atoms with Gasteiger partial charge < -0.3 is 20.1 Å². The fourth-order valence-electron chi connectivity index (χ4n) is 2.21. The van der Waals surface area contributed by atoms with Crippen molar-refractivity contribution in [3.63, 3.8) is 0 Å². The minimum absolute atomic E-state index is 0.195. The molecule has 0 saturated heterocycles. The number of rotatable bonds is 6. The third kappa shape index (κ3) is 4.25. The highest BCUT2D eigenvalue weighted by Gasteiger charge is 2.15. The van der Waals surface area contributed by atoms with Crippen molar-refractivity contribution in [3.8, 4) is 11.5 Å². The second kappa shape index (κ2) is 8.01. The first kappa shape index (κ1) is 17.3. The van der Waals surface area contributed by atoms with E-state index in [1.165, 1.54) is 14.0 Å². The van der Waals surface area contributed by atoms with Crippen molar-refractivity contribution in [2.45, 2.75) is 13.8 Å². The van der Waals surface area contributed by atoms with Gasteiger partial charge in [0.1, 0.15) is 11.5 Å². The number of hydrogen-bond acceptors (Lipinski definition) is 4.